The van der Waals surface area contributed by atoms with E-state index in [2.05, 4.69) is 35.7 Å². The van der Waals surface area contributed by atoms with Crippen LogP contribution in [0.5, 0.6) is 0 Å². The molecule has 28 heavy (non-hydrogen) atoms. The Kier molecular flexibility index (Phi) is 7.16. The van der Waals surface area contributed by atoms with E-state index in [9.17, 15) is 4.39 Å². The highest BCUT2D eigenvalue weighted by Crippen LogP contribution is 2.34. The molecule has 1 unspecified atom stereocenters. The van der Waals surface area contributed by atoms with Gasteiger partial charge in [0.1, 0.15) is 5.82 Å². The summed E-state index contributed by atoms with van der Waals surface area (Å²) in [6.45, 7) is 8.06. The number of fused-ring (bicyclic) bond motifs is 1. The summed E-state index contributed by atoms with van der Waals surface area (Å²) < 4.78 is 13.5. The Bertz CT molecular complexity index is 984. The van der Waals surface area contributed by atoms with E-state index in [1.165, 1.54) is 17.7 Å². The first-order chi connectivity index (χ1) is 13.0. The Labute approximate surface area is 176 Å². The second-order valence-corrected chi connectivity index (χ2v) is 6.82. The second kappa shape index (κ2) is 9.17. The van der Waals surface area contributed by atoms with Crippen molar-refractivity contribution in [2.45, 2.75) is 26.3 Å². The van der Waals surface area contributed by atoms with Crippen LogP contribution in [-0.2, 0) is 0 Å². The number of hydrogen-bond acceptors (Lipinski definition) is 2. The number of aryl methyl sites for hydroxylation is 2. The first-order valence-electron chi connectivity index (χ1n) is 8.79. The SMILES string of the molecule is C=CCC(c1nccc2c(C)c(C)[nH]c12)N(C(=S)NC)c1ccc(F)cc1.Cl. The predicted octanol–water partition coefficient (Wildman–Crippen LogP) is 5.37. The van der Waals surface area contributed by atoms with Gasteiger partial charge in [-0.3, -0.25) is 4.98 Å². The first kappa shape index (κ1) is 21.9. The number of aromatic nitrogens is 2. The number of thiocarbonyl (C=S) groups is 1. The number of nitrogens with zero attached hydrogens (tertiary/aromatic N) is 2. The molecule has 1 atom stereocenters. The van der Waals surface area contributed by atoms with Crippen LogP contribution >= 0.6 is 24.6 Å². The number of rotatable bonds is 5. The highest BCUT2D eigenvalue weighted by Gasteiger charge is 2.27. The zero-order chi connectivity index (χ0) is 19.6. The first-order valence-corrected chi connectivity index (χ1v) is 9.20. The fourth-order valence-electron chi connectivity index (χ4n) is 3.32. The van der Waals surface area contributed by atoms with Gasteiger partial charge in [0.25, 0.3) is 0 Å². The van der Waals surface area contributed by atoms with Crippen molar-refractivity contribution in [1.82, 2.24) is 15.3 Å². The van der Waals surface area contributed by atoms with Gasteiger partial charge in [-0.15, -0.1) is 19.0 Å². The number of halogens is 2. The molecule has 0 saturated heterocycles. The third-order valence-corrected chi connectivity index (χ3v) is 5.21. The zero-order valence-electron chi connectivity index (χ0n) is 16.1. The number of hydrogen-bond donors (Lipinski definition) is 2. The molecule has 0 radical (unpaired) electrons. The molecule has 7 heteroatoms. The summed E-state index contributed by atoms with van der Waals surface area (Å²) in [5, 5.41) is 4.72. The fraction of sp³-hybridized carbons (Fsp3) is 0.238. The third-order valence-electron chi connectivity index (χ3n) is 4.81. The van der Waals surface area contributed by atoms with E-state index >= 15 is 0 Å². The molecule has 148 valence electrons. The van der Waals surface area contributed by atoms with Crippen LogP contribution in [-0.4, -0.2) is 22.1 Å². The van der Waals surface area contributed by atoms with Crippen LogP contribution < -0.4 is 10.2 Å². The Balaban J connectivity index is 0.00000280. The molecule has 1 aromatic carbocycles. The Morgan fingerprint density at radius 2 is 2.00 bits per heavy atom. The van der Waals surface area contributed by atoms with Gasteiger partial charge in [-0.25, -0.2) is 4.39 Å². The number of anilines is 1. The van der Waals surface area contributed by atoms with Crippen LogP contribution in [0.15, 0.2) is 49.2 Å². The largest absolute Gasteiger partial charge is 0.365 e. The van der Waals surface area contributed by atoms with Crippen LogP contribution in [0.3, 0.4) is 0 Å². The van der Waals surface area contributed by atoms with E-state index in [1.54, 1.807) is 19.2 Å². The predicted molar refractivity (Wildman–Crippen MR) is 121 cm³/mol. The zero-order valence-corrected chi connectivity index (χ0v) is 17.8. The second-order valence-electron chi connectivity index (χ2n) is 6.44. The van der Waals surface area contributed by atoms with E-state index in [1.807, 2.05) is 23.2 Å². The van der Waals surface area contributed by atoms with Crippen molar-refractivity contribution in [2.24, 2.45) is 0 Å². The summed E-state index contributed by atoms with van der Waals surface area (Å²) in [5.74, 6) is -0.287. The maximum absolute atomic E-state index is 13.5. The van der Waals surface area contributed by atoms with Crippen molar-refractivity contribution in [2.75, 3.05) is 11.9 Å². The summed E-state index contributed by atoms with van der Waals surface area (Å²) in [5.41, 5.74) is 4.98. The number of nitrogens with one attached hydrogen (secondary N) is 2. The molecule has 0 amide bonds. The molecule has 4 nitrogen and oxygen atoms in total. The van der Waals surface area contributed by atoms with Gasteiger partial charge in [-0.2, -0.15) is 0 Å². The minimum Gasteiger partial charge on any atom is -0.365 e. The van der Waals surface area contributed by atoms with Crippen LogP contribution in [0, 0.1) is 19.7 Å². The van der Waals surface area contributed by atoms with Crippen molar-refractivity contribution in [3.05, 3.63) is 72.0 Å². The molecule has 0 fully saturated rings. The highest BCUT2D eigenvalue weighted by molar-refractivity contribution is 7.80. The van der Waals surface area contributed by atoms with E-state index < -0.39 is 0 Å². The van der Waals surface area contributed by atoms with Crippen LogP contribution in [0.25, 0.3) is 10.9 Å². The number of H-pyrrole nitrogens is 1. The van der Waals surface area contributed by atoms with E-state index in [0.29, 0.717) is 11.5 Å². The molecule has 0 aliphatic rings. The van der Waals surface area contributed by atoms with E-state index in [-0.39, 0.29) is 24.3 Å². The average Bonchev–Trinajstić information content (AvgIpc) is 2.97. The minimum absolute atomic E-state index is 0. The van der Waals surface area contributed by atoms with Gasteiger partial charge in [-0.05, 0) is 68.4 Å². The molecule has 0 bridgehead atoms. The normalized spacial score (nSPS) is 11.6. The summed E-state index contributed by atoms with van der Waals surface area (Å²) in [4.78, 5) is 10.1. The molecule has 0 spiro atoms. The minimum atomic E-state index is -0.287. The molecule has 3 rings (SSSR count). The maximum Gasteiger partial charge on any atom is 0.173 e. The van der Waals surface area contributed by atoms with Crippen LogP contribution in [0.1, 0.15) is 29.4 Å². The maximum atomic E-state index is 13.5. The van der Waals surface area contributed by atoms with Crippen molar-refractivity contribution in [1.29, 1.82) is 0 Å². The fourth-order valence-corrected chi connectivity index (χ4v) is 3.55. The Morgan fingerprint density at radius 1 is 1.32 bits per heavy atom. The number of pyridine rings is 1. The number of aromatic amines is 1. The summed E-state index contributed by atoms with van der Waals surface area (Å²) in [6, 6.07) is 8.14. The molecule has 0 aliphatic carbocycles. The lowest BCUT2D eigenvalue weighted by Crippen LogP contribution is -2.41. The topological polar surface area (TPSA) is 44.0 Å². The van der Waals surface area contributed by atoms with Gasteiger partial charge in [0, 0.05) is 30.0 Å². The molecule has 0 saturated carbocycles. The van der Waals surface area contributed by atoms with E-state index in [4.69, 9.17) is 12.2 Å². The van der Waals surface area contributed by atoms with Crippen molar-refractivity contribution >= 4 is 46.3 Å². The van der Waals surface area contributed by atoms with Gasteiger partial charge in [0.2, 0.25) is 0 Å². The molecular formula is C21H24ClFN4S. The van der Waals surface area contributed by atoms with Crippen molar-refractivity contribution in [3.8, 4) is 0 Å². The molecule has 3 aromatic rings. The quantitative estimate of drug-likeness (QED) is 0.432. The summed E-state index contributed by atoms with van der Waals surface area (Å²) in [6.07, 6.45) is 4.30. The van der Waals surface area contributed by atoms with Gasteiger partial charge in [-0.1, -0.05) is 6.08 Å². The van der Waals surface area contributed by atoms with Gasteiger partial charge >= 0.3 is 0 Å². The third kappa shape index (κ3) is 4.03. The van der Waals surface area contributed by atoms with Crippen molar-refractivity contribution < 1.29 is 4.39 Å². The molecular weight excluding hydrogens is 395 g/mol. The number of benzene rings is 1. The molecule has 2 aromatic heterocycles. The highest BCUT2D eigenvalue weighted by atomic mass is 35.5. The van der Waals surface area contributed by atoms with Crippen LogP contribution in [0.2, 0.25) is 0 Å². The average molecular weight is 419 g/mol. The summed E-state index contributed by atoms with van der Waals surface area (Å²) in [7, 11) is 1.78. The van der Waals surface area contributed by atoms with Gasteiger partial charge in [0.05, 0.1) is 17.3 Å². The lowest BCUT2D eigenvalue weighted by molar-refractivity contribution is 0.627. The summed E-state index contributed by atoms with van der Waals surface area (Å²) >= 11 is 5.58. The lowest BCUT2D eigenvalue weighted by Gasteiger charge is -2.33. The molecule has 2 N–H and O–H groups in total. The van der Waals surface area contributed by atoms with Gasteiger partial charge < -0.3 is 15.2 Å². The standard InChI is InChI=1S/C21H23FN4S.ClH/c1-5-6-18(20-19-17(11-12-24-20)13(2)14(3)25-19)26(21(27)23-4)16-9-7-15(22)8-10-16;/h5,7-12,18,25H,1,6H2,2-4H3,(H,23,27);1H. The molecule has 0 aliphatic heterocycles. The lowest BCUT2D eigenvalue weighted by atomic mass is 10.0. The van der Waals surface area contributed by atoms with Crippen molar-refractivity contribution in [3.63, 3.8) is 0 Å². The monoisotopic (exact) mass is 418 g/mol. The molecule has 2 heterocycles. The smallest absolute Gasteiger partial charge is 0.173 e. The van der Waals surface area contributed by atoms with E-state index in [0.717, 1.165) is 28.0 Å². The van der Waals surface area contributed by atoms with Crippen LogP contribution in [0.4, 0.5) is 10.1 Å². The Hall–Kier alpha value is -2.44. The van der Waals surface area contributed by atoms with Gasteiger partial charge in [0.15, 0.2) is 5.11 Å². The Morgan fingerprint density at radius 3 is 2.61 bits per heavy atom.